The fraction of sp³-hybridized carbons (Fsp3) is 0.500. The van der Waals surface area contributed by atoms with E-state index in [1.807, 2.05) is 20.8 Å². The van der Waals surface area contributed by atoms with Crippen molar-refractivity contribution < 1.29 is 0 Å². The molecule has 0 aromatic carbocycles. The lowest BCUT2D eigenvalue weighted by Gasteiger charge is -2.19. The first kappa shape index (κ1) is 11.2. The lowest BCUT2D eigenvalue weighted by molar-refractivity contribution is 0.563. The van der Waals surface area contributed by atoms with Gasteiger partial charge in [0.2, 0.25) is 5.28 Å². The molecule has 0 aliphatic rings. The molecule has 5 heteroatoms. The third kappa shape index (κ3) is 2.55. The van der Waals surface area contributed by atoms with Gasteiger partial charge in [-0.15, -0.1) is 0 Å². The number of halogens is 3. The Morgan fingerprint density at radius 1 is 1.15 bits per heavy atom. The van der Waals surface area contributed by atoms with Gasteiger partial charge in [-0.05, 0) is 27.5 Å². The maximum Gasteiger partial charge on any atom is 0.224 e. The molecule has 0 bridgehead atoms. The zero-order chi connectivity index (χ0) is 10.2. The lowest BCUT2D eigenvalue weighted by atomic mass is 9.92. The summed E-state index contributed by atoms with van der Waals surface area (Å²) in [5.74, 6) is 0. The monoisotopic (exact) mass is 282 g/mol. The molecule has 0 fully saturated rings. The highest BCUT2D eigenvalue weighted by Crippen LogP contribution is 2.32. The van der Waals surface area contributed by atoms with Gasteiger partial charge < -0.3 is 0 Å². The van der Waals surface area contributed by atoms with Crippen molar-refractivity contribution in [1.29, 1.82) is 0 Å². The molecule has 0 aliphatic heterocycles. The number of nitrogens with zero attached hydrogens (tertiary/aromatic N) is 2. The molecule has 1 heterocycles. The zero-order valence-electron chi connectivity index (χ0n) is 7.53. The molecule has 0 N–H and O–H groups in total. The first-order valence-corrected chi connectivity index (χ1v) is 5.26. The highest BCUT2D eigenvalue weighted by molar-refractivity contribution is 9.10. The van der Waals surface area contributed by atoms with Crippen molar-refractivity contribution >= 4 is 39.1 Å². The second kappa shape index (κ2) is 3.71. The first-order chi connectivity index (χ1) is 5.82. The molecular weight excluding hydrogens is 275 g/mol. The third-order valence-electron chi connectivity index (χ3n) is 1.49. The van der Waals surface area contributed by atoms with Gasteiger partial charge in [-0.25, -0.2) is 9.97 Å². The molecule has 1 rings (SSSR count). The Morgan fingerprint density at radius 2 is 1.69 bits per heavy atom. The normalized spacial score (nSPS) is 11.8. The number of rotatable bonds is 0. The van der Waals surface area contributed by atoms with Crippen LogP contribution in [0, 0.1) is 0 Å². The Kier molecular flexibility index (Phi) is 3.20. The predicted octanol–water partition coefficient (Wildman–Crippen LogP) is 3.84. The van der Waals surface area contributed by atoms with Gasteiger partial charge in [-0.3, -0.25) is 0 Å². The van der Waals surface area contributed by atoms with Crippen molar-refractivity contribution in [2.24, 2.45) is 0 Å². The molecule has 2 nitrogen and oxygen atoms in total. The molecule has 0 saturated heterocycles. The molecule has 1 aromatic rings. The van der Waals surface area contributed by atoms with E-state index in [0.29, 0.717) is 9.63 Å². The van der Waals surface area contributed by atoms with Gasteiger partial charge in [0.1, 0.15) is 5.15 Å². The van der Waals surface area contributed by atoms with Crippen molar-refractivity contribution in [1.82, 2.24) is 9.97 Å². The molecule has 72 valence electrons. The van der Waals surface area contributed by atoms with Crippen LogP contribution >= 0.6 is 39.1 Å². The van der Waals surface area contributed by atoms with Crippen molar-refractivity contribution in [2.45, 2.75) is 26.2 Å². The van der Waals surface area contributed by atoms with E-state index in [-0.39, 0.29) is 10.7 Å². The Labute approximate surface area is 95.8 Å². The molecule has 0 unspecified atom stereocenters. The second-order valence-electron chi connectivity index (χ2n) is 3.70. The van der Waals surface area contributed by atoms with Crippen molar-refractivity contribution in [3.8, 4) is 0 Å². The Balaban J connectivity index is 3.37. The van der Waals surface area contributed by atoms with Gasteiger partial charge in [0.25, 0.3) is 0 Å². The summed E-state index contributed by atoms with van der Waals surface area (Å²) in [6.45, 7) is 6.10. The molecule has 13 heavy (non-hydrogen) atoms. The van der Waals surface area contributed by atoms with Gasteiger partial charge >= 0.3 is 0 Å². The largest absolute Gasteiger partial charge is 0.224 e. The molecular formula is C8H9BrCl2N2. The van der Waals surface area contributed by atoms with Gasteiger partial charge in [0.15, 0.2) is 0 Å². The van der Waals surface area contributed by atoms with Crippen LogP contribution < -0.4 is 0 Å². The van der Waals surface area contributed by atoms with Crippen LogP contribution in [0.5, 0.6) is 0 Å². The van der Waals surface area contributed by atoms with E-state index in [4.69, 9.17) is 23.2 Å². The summed E-state index contributed by atoms with van der Waals surface area (Å²) in [6, 6.07) is 0. The summed E-state index contributed by atoms with van der Waals surface area (Å²) in [5, 5.41) is 0.531. The summed E-state index contributed by atoms with van der Waals surface area (Å²) in [7, 11) is 0. The summed E-state index contributed by atoms with van der Waals surface area (Å²) < 4.78 is 0.714. The van der Waals surface area contributed by atoms with E-state index >= 15 is 0 Å². The van der Waals surface area contributed by atoms with Crippen molar-refractivity contribution in [3.05, 3.63) is 20.6 Å². The summed E-state index contributed by atoms with van der Waals surface area (Å²) in [5.41, 5.74) is 0.715. The van der Waals surface area contributed by atoms with E-state index in [1.54, 1.807) is 0 Å². The van der Waals surface area contributed by atoms with Crippen LogP contribution in [-0.2, 0) is 5.41 Å². The summed E-state index contributed by atoms with van der Waals surface area (Å²) in [4.78, 5) is 7.95. The van der Waals surface area contributed by atoms with E-state index < -0.39 is 0 Å². The number of hydrogen-bond donors (Lipinski definition) is 0. The Hall–Kier alpha value is 0.140. The summed E-state index contributed by atoms with van der Waals surface area (Å²) in [6.07, 6.45) is 0. The van der Waals surface area contributed by atoms with Crippen LogP contribution in [0.25, 0.3) is 0 Å². The Bertz CT molecular complexity index is 334. The van der Waals surface area contributed by atoms with Crippen LogP contribution in [0.3, 0.4) is 0 Å². The third-order valence-corrected chi connectivity index (χ3v) is 2.92. The minimum Gasteiger partial charge on any atom is -0.221 e. The maximum atomic E-state index is 5.84. The van der Waals surface area contributed by atoms with E-state index in [0.717, 1.165) is 5.69 Å². The predicted molar refractivity (Wildman–Crippen MR) is 58.5 cm³/mol. The summed E-state index contributed by atoms with van der Waals surface area (Å²) >= 11 is 14.9. The highest BCUT2D eigenvalue weighted by atomic mass is 79.9. The zero-order valence-corrected chi connectivity index (χ0v) is 10.6. The minimum absolute atomic E-state index is 0.102. The van der Waals surface area contributed by atoms with Crippen LogP contribution in [-0.4, -0.2) is 9.97 Å². The van der Waals surface area contributed by atoms with Crippen LogP contribution in [0.2, 0.25) is 10.4 Å². The fourth-order valence-electron chi connectivity index (χ4n) is 0.891. The van der Waals surface area contributed by atoms with Gasteiger partial charge in [0.05, 0.1) is 10.2 Å². The van der Waals surface area contributed by atoms with E-state index in [1.165, 1.54) is 0 Å². The maximum absolute atomic E-state index is 5.84. The smallest absolute Gasteiger partial charge is 0.221 e. The minimum atomic E-state index is -0.102. The van der Waals surface area contributed by atoms with Crippen LogP contribution in [0.15, 0.2) is 4.47 Å². The highest BCUT2D eigenvalue weighted by Gasteiger charge is 2.22. The lowest BCUT2D eigenvalue weighted by Crippen LogP contribution is -2.15. The van der Waals surface area contributed by atoms with Crippen molar-refractivity contribution in [2.75, 3.05) is 0 Å². The van der Waals surface area contributed by atoms with Gasteiger partial charge in [-0.1, -0.05) is 32.4 Å². The van der Waals surface area contributed by atoms with Crippen LogP contribution in [0.4, 0.5) is 0 Å². The van der Waals surface area contributed by atoms with Gasteiger partial charge in [0, 0.05) is 5.41 Å². The Morgan fingerprint density at radius 3 is 2.15 bits per heavy atom. The number of hydrogen-bond acceptors (Lipinski definition) is 2. The SMILES string of the molecule is CC(C)(C)c1nc(Cl)nc(Cl)c1Br. The average molecular weight is 284 g/mol. The first-order valence-electron chi connectivity index (χ1n) is 3.71. The van der Waals surface area contributed by atoms with Gasteiger partial charge in [-0.2, -0.15) is 0 Å². The molecule has 0 atom stereocenters. The average Bonchev–Trinajstić information content (AvgIpc) is 1.94. The topological polar surface area (TPSA) is 25.8 Å². The van der Waals surface area contributed by atoms with E-state index in [9.17, 15) is 0 Å². The standard InChI is InChI=1S/C8H9BrCl2N2/c1-8(2,3)5-4(9)6(10)13-7(11)12-5/h1-3H3. The molecule has 0 radical (unpaired) electrons. The molecule has 0 aliphatic carbocycles. The molecule has 0 amide bonds. The molecule has 0 saturated carbocycles. The fourth-order valence-corrected chi connectivity index (χ4v) is 2.04. The second-order valence-corrected chi connectivity index (χ2v) is 5.19. The quantitative estimate of drug-likeness (QED) is 0.534. The number of aromatic nitrogens is 2. The van der Waals surface area contributed by atoms with Crippen molar-refractivity contribution in [3.63, 3.8) is 0 Å². The van der Waals surface area contributed by atoms with E-state index in [2.05, 4.69) is 25.9 Å². The molecule has 1 aromatic heterocycles. The molecule has 0 spiro atoms. The van der Waals surface area contributed by atoms with Crippen LogP contribution in [0.1, 0.15) is 26.5 Å².